The molecule has 1 atom stereocenters. The van der Waals surface area contributed by atoms with Gasteiger partial charge in [-0.05, 0) is 35.3 Å². The van der Waals surface area contributed by atoms with Crippen LogP contribution in [0.4, 0.5) is 0 Å². The molecule has 1 N–H and O–H groups in total. The standard InChI is InChI=1S/C13H23BrN4/c1-15-11(12-13(14)16-17-18(12)2)9-10-7-5-3-4-6-8-10/h10-11,15H,3-9H2,1-2H3. The maximum Gasteiger partial charge on any atom is 0.153 e. The highest BCUT2D eigenvalue weighted by atomic mass is 79.9. The van der Waals surface area contributed by atoms with Crippen LogP contribution in [0.15, 0.2) is 4.60 Å². The summed E-state index contributed by atoms with van der Waals surface area (Å²) in [5.41, 5.74) is 1.17. The van der Waals surface area contributed by atoms with E-state index in [-0.39, 0.29) is 0 Å². The second kappa shape index (κ2) is 6.66. The van der Waals surface area contributed by atoms with Crippen LogP contribution in [-0.4, -0.2) is 22.0 Å². The third kappa shape index (κ3) is 3.32. The molecule has 1 aromatic heterocycles. The number of nitrogens with zero attached hydrogens (tertiary/aromatic N) is 3. The predicted molar refractivity (Wildman–Crippen MR) is 76.3 cm³/mol. The second-order valence-electron chi connectivity index (χ2n) is 5.32. The van der Waals surface area contributed by atoms with Crippen LogP contribution < -0.4 is 5.32 Å². The Balaban J connectivity index is 2.04. The Hall–Kier alpha value is -0.420. The van der Waals surface area contributed by atoms with E-state index in [0.717, 1.165) is 10.5 Å². The van der Waals surface area contributed by atoms with Gasteiger partial charge in [0.15, 0.2) is 4.60 Å². The molecule has 0 radical (unpaired) electrons. The molecule has 0 aromatic carbocycles. The van der Waals surface area contributed by atoms with E-state index >= 15 is 0 Å². The van der Waals surface area contributed by atoms with Crippen molar-refractivity contribution in [3.63, 3.8) is 0 Å². The number of aromatic nitrogens is 3. The summed E-state index contributed by atoms with van der Waals surface area (Å²) in [5.74, 6) is 0.840. The fourth-order valence-electron chi connectivity index (χ4n) is 3.01. The van der Waals surface area contributed by atoms with Crippen LogP contribution in [0.3, 0.4) is 0 Å². The number of halogens is 1. The number of nitrogens with one attached hydrogen (secondary N) is 1. The van der Waals surface area contributed by atoms with Crippen LogP contribution in [-0.2, 0) is 7.05 Å². The zero-order chi connectivity index (χ0) is 13.0. The molecular weight excluding hydrogens is 292 g/mol. The SMILES string of the molecule is CNC(CC1CCCCCC1)c1c(Br)nnn1C. The summed E-state index contributed by atoms with van der Waals surface area (Å²) in [6, 6.07) is 0.350. The minimum absolute atomic E-state index is 0.350. The Morgan fingerprint density at radius 1 is 1.33 bits per heavy atom. The smallest absolute Gasteiger partial charge is 0.153 e. The molecule has 0 aliphatic heterocycles. The summed E-state index contributed by atoms with van der Waals surface area (Å²) in [6.45, 7) is 0. The molecule has 2 rings (SSSR count). The molecule has 18 heavy (non-hydrogen) atoms. The van der Waals surface area contributed by atoms with Crippen molar-refractivity contribution in [2.24, 2.45) is 13.0 Å². The van der Waals surface area contributed by atoms with Gasteiger partial charge in [-0.15, -0.1) is 5.10 Å². The highest BCUT2D eigenvalue weighted by Crippen LogP contribution is 2.32. The van der Waals surface area contributed by atoms with E-state index in [2.05, 4.69) is 31.6 Å². The maximum atomic E-state index is 4.09. The van der Waals surface area contributed by atoms with Crippen LogP contribution in [0.25, 0.3) is 0 Å². The quantitative estimate of drug-likeness (QED) is 0.868. The third-order valence-electron chi connectivity index (χ3n) is 4.05. The van der Waals surface area contributed by atoms with Gasteiger partial charge in [0.2, 0.25) is 0 Å². The van der Waals surface area contributed by atoms with Crippen LogP contribution in [0.2, 0.25) is 0 Å². The van der Waals surface area contributed by atoms with Crippen LogP contribution in [0.1, 0.15) is 56.7 Å². The number of aryl methyl sites for hydroxylation is 1. The molecule has 1 heterocycles. The highest BCUT2D eigenvalue weighted by molar-refractivity contribution is 9.10. The lowest BCUT2D eigenvalue weighted by Gasteiger charge is -2.22. The highest BCUT2D eigenvalue weighted by Gasteiger charge is 2.23. The van der Waals surface area contributed by atoms with Crippen molar-refractivity contribution in [1.29, 1.82) is 0 Å². The molecule has 0 saturated heterocycles. The van der Waals surface area contributed by atoms with Gasteiger partial charge in [-0.25, -0.2) is 4.68 Å². The lowest BCUT2D eigenvalue weighted by atomic mass is 9.91. The van der Waals surface area contributed by atoms with Crippen molar-refractivity contribution in [3.05, 3.63) is 10.3 Å². The van der Waals surface area contributed by atoms with Gasteiger partial charge in [0.05, 0.1) is 11.7 Å². The minimum Gasteiger partial charge on any atom is -0.312 e. The normalized spacial score (nSPS) is 19.7. The van der Waals surface area contributed by atoms with E-state index in [1.807, 2.05) is 18.8 Å². The zero-order valence-electron chi connectivity index (χ0n) is 11.3. The minimum atomic E-state index is 0.350. The lowest BCUT2D eigenvalue weighted by molar-refractivity contribution is 0.357. The molecule has 0 spiro atoms. The van der Waals surface area contributed by atoms with E-state index < -0.39 is 0 Å². The topological polar surface area (TPSA) is 42.7 Å². The molecule has 5 heteroatoms. The van der Waals surface area contributed by atoms with Crippen LogP contribution in [0.5, 0.6) is 0 Å². The number of rotatable bonds is 4. The molecule has 4 nitrogen and oxygen atoms in total. The number of hydrogen-bond acceptors (Lipinski definition) is 3. The van der Waals surface area contributed by atoms with Crippen LogP contribution >= 0.6 is 15.9 Å². The second-order valence-corrected chi connectivity index (χ2v) is 6.07. The summed E-state index contributed by atoms with van der Waals surface area (Å²) in [5, 5.41) is 11.6. The van der Waals surface area contributed by atoms with E-state index in [1.165, 1.54) is 50.6 Å². The molecule has 0 amide bonds. The first-order chi connectivity index (χ1) is 8.72. The Labute approximate surface area is 118 Å². The maximum absolute atomic E-state index is 4.09. The molecule has 1 aromatic rings. The summed E-state index contributed by atoms with van der Waals surface area (Å²) >= 11 is 3.50. The molecule has 0 bridgehead atoms. The van der Waals surface area contributed by atoms with Gasteiger partial charge >= 0.3 is 0 Å². The Morgan fingerprint density at radius 2 is 2.00 bits per heavy atom. The first-order valence-electron chi connectivity index (χ1n) is 6.94. The van der Waals surface area contributed by atoms with Gasteiger partial charge in [-0.1, -0.05) is 43.7 Å². The molecule has 1 fully saturated rings. The average Bonchev–Trinajstić information content (AvgIpc) is 2.60. The molecular formula is C13H23BrN4. The van der Waals surface area contributed by atoms with E-state index in [9.17, 15) is 0 Å². The Morgan fingerprint density at radius 3 is 2.50 bits per heavy atom. The average molecular weight is 315 g/mol. The molecule has 1 saturated carbocycles. The van der Waals surface area contributed by atoms with Gasteiger partial charge in [-0.2, -0.15) is 0 Å². The van der Waals surface area contributed by atoms with Gasteiger partial charge in [0, 0.05) is 7.05 Å². The summed E-state index contributed by atoms with van der Waals surface area (Å²) in [7, 11) is 3.99. The van der Waals surface area contributed by atoms with Crippen LogP contribution in [0, 0.1) is 5.92 Å². The first kappa shape index (κ1) is 14.0. The van der Waals surface area contributed by atoms with Gasteiger partial charge in [0.25, 0.3) is 0 Å². The zero-order valence-corrected chi connectivity index (χ0v) is 12.9. The lowest BCUT2D eigenvalue weighted by Crippen LogP contribution is -2.22. The largest absolute Gasteiger partial charge is 0.312 e. The van der Waals surface area contributed by atoms with Crippen molar-refractivity contribution in [2.75, 3.05) is 7.05 Å². The molecule has 1 aliphatic carbocycles. The van der Waals surface area contributed by atoms with E-state index in [4.69, 9.17) is 0 Å². The third-order valence-corrected chi connectivity index (χ3v) is 4.61. The predicted octanol–water partition coefficient (Wildman–Crippen LogP) is 3.20. The van der Waals surface area contributed by atoms with Gasteiger partial charge < -0.3 is 5.32 Å². The van der Waals surface area contributed by atoms with Crippen molar-refractivity contribution in [3.8, 4) is 0 Å². The summed E-state index contributed by atoms with van der Waals surface area (Å²) in [4.78, 5) is 0. The van der Waals surface area contributed by atoms with Gasteiger partial charge in [-0.3, -0.25) is 0 Å². The fourth-order valence-corrected chi connectivity index (χ4v) is 3.61. The molecule has 102 valence electrons. The Kier molecular flexibility index (Phi) is 5.18. The fraction of sp³-hybridized carbons (Fsp3) is 0.846. The van der Waals surface area contributed by atoms with E-state index in [0.29, 0.717) is 6.04 Å². The molecule has 1 unspecified atom stereocenters. The summed E-state index contributed by atoms with van der Waals surface area (Å²) < 4.78 is 2.75. The summed E-state index contributed by atoms with van der Waals surface area (Å²) in [6.07, 6.45) is 9.56. The first-order valence-corrected chi connectivity index (χ1v) is 7.74. The van der Waals surface area contributed by atoms with Crippen molar-refractivity contribution >= 4 is 15.9 Å². The van der Waals surface area contributed by atoms with Crippen molar-refractivity contribution < 1.29 is 0 Å². The Bertz CT molecular complexity index is 350. The van der Waals surface area contributed by atoms with Crippen molar-refractivity contribution in [2.45, 2.75) is 51.0 Å². The number of hydrogen-bond donors (Lipinski definition) is 1. The molecule has 1 aliphatic rings. The van der Waals surface area contributed by atoms with E-state index in [1.54, 1.807) is 0 Å². The van der Waals surface area contributed by atoms with Gasteiger partial charge in [0.1, 0.15) is 0 Å². The monoisotopic (exact) mass is 314 g/mol. The van der Waals surface area contributed by atoms with Crippen molar-refractivity contribution in [1.82, 2.24) is 20.3 Å².